The van der Waals surface area contributed by atoms with Crippen molar-refractivity contribution in [1.29, 1.82) is 0 Å². The standard InChI is InChI=1S/C15H20BrClN2O/c1-14(2)7-3-4-8-15(14,13(18)20)19-10-5-6-12(17)11(16)9-10/h5-6,9,19H,3-4,7-8H2,1-2H3,(H2,18,20). The van der Waals surface area contributed by atoms with Crippen molar-refractivity contribution in [1.82, 2.24) is 0 Å². The Labute approximate surface area is 133 Å². The molecule has 1 amide bonds. The number of hydrogen-bond acceptors (Lipinski definition) is 2. The van der Waals surface area contributed by atoms with Gasteiger partial charge in [-0.05, 0) is 52.4 Å². The van der Waals surface area contributed by atoms with Crippen LogP contribution in [0.25, 0.3) is 0 Å². The molecule has 1 aliphatic carbocycles. The Morgan fingerprint density at radius 3 is 2.55 bits per heavy atom. The van der Waals surface area contributed by atoms with E-state index in [9.17, 15) is 4.79 Å². The van der Waals surface area contributed by atoms with Crippen LogP contribution in [0.3, 0.4) is 0 Å². The molecule has 0 radical (unpaired) electrons. The highest BCUT2D eigenvalue weighted by molar-refractivity contribution is 9.10. The van der Waals surface area contributed by atoms with E-state index in [0.717, 1.165) is 35.8 Å². The van der Waals surface area contributed by atoms with Crippen LogP contribution in [0.15, 0.2) is 22.7 Å². The third kappa shape index (κ3) is 2.68. The van der Waals surface area contributed by atoms with E-state index in [1.165, 1.54) is 0 Å². The lowest BCUT2D eigenvalue weighted by Gasteiger charge is -2.49. The Morgan fingerprint density at radius 2 is 2.00 bits per heavy atom. The van der Waals surface area contributed by atoms with Crippen LogP contribution in [-0.4, -0.2) is 11.4 Å². The highest BCUT2D eigenvalue weighted by Gasteiger charge is 2.51. The van der Waals surface area contributed by atoms with Crippen LogP contribution in [-0.2, 0) is 4.79 Å². The normalized spacial score (nSPS) is 25.2. The zero-order valence-electron chi connectivity index (χ0n) is 11.8. The lowest BCUT2D eigenvalue weighted by Crippen LogP contribution is -2.61. The maximum Gasteiger partial charge on any atom is 0.243 e. The monoisotopic (exact) mass is 358 g/mol. The number of rotatable bonds is 3. The van der Waals surface area contributed by atoms with Crippen molar-refractivity contribution in [2.45, 2.75) is 45.1 Å². The van der Waals surface area contributed by atoms with Gasteiger partial charge in [-0.1, -0.05) is 38.3 Å². The van der Waals surface area contributed by atoms with Crippen molar-refractivity contribution in [2.75, 3.05) is 5.32 Å². The molecular formula is C15H20BrClN2O. The predicted octanol–water partition coefficient (Wildman–Crippen LogP) is 4.34. The van der Waals surface area contributed by atoms with Crippen LogP contribution in [0.5, 0.6) is 0 Å². The summed E-state index contributed by atoms with van der Waals surface area (Å²) in [4.78, 5) is 12.2. The van der Waals surface area contributed by atoms with Crippen LogP contribution in [0, 0.1) is 5.41 Å². The van der Waals surface area contributed by atoms with Crippen LogP contribution < -0.4 is 11.1 Å². The number of carbonyl (C=O) groups excluding carboxylic acids is 1. The maximum absolute atomic E-state index is 12.2. The molecule has 0 spiro atoms. The highest BCUT2D eigenvalue weighted by atomic mass is 79.9. The van der Waals surface area contributed by atoms with Crippen molar-refractivity contribution in [3.05, 3.63) is 27.7 Å². The molecule has 110 valence electrons. The number of benzene rings is 1. The lowest BCUT2D eigenvalue weighted by atomic mass is 9.62. The van der Waals surface area contributed by atoms with Gasteiger partial charge in [-0.3, -0.25) is 4.79 Å². The van der Waals surface area contributed by atoms with Crippen LogP contribution >= 0.6 is 27.5 Å². The van der Waals surface area contributed by atoms with E-state index in [2.05, 4.69) is 35.1 Å². The number of nitrogens with one attached hydrogen (secondary N) is 1. The molecule has 0 aliphatic heterocycles. The molecule has 1 aliphatic rings. The SMILES string of the molecule is CC1(C)CCCCC1(Nc1ccc(Cl)c(Br)c1)C(N)=O. The number of nitrogens with two attached hydrogens (primary N) is 1. The van der Waals surface area contributed by atoms with Gasteiger partial charge in [0.1, 0.15) is 5.54 Å². The first-order valence-corrected chi connectivity index (χ1v) is 7.99. The van der Waals surface area contributed by atoms with E-state index >= 15 is 0 Å². The van der Waals surface area contributed by atoms with E-state index in [4.69, 9.17) is 17.3 Å². The van der Waals surface area contributed by atoms with Gasteiger partial charge in [0.05, 0.1) is 5.02 Å². The molecule has 3 nitrogen and oxygen atoms in total. The fraction of sp³-hybridized carbons (Fsp3) is 0.533. The number of halogens is 2. The first kappa shape index (κ1) is 15.6. The van der Waals surface area contributed by atoms with Gasteiger partial charge in [0.2, 0.25) is 5.91 Å². The third-order valence-electron chi connectivity index (χ3n) is 4.46. The van der Waals surface area contributed by atoms with Crippen molar-refractivity contribution in [2.24, 2.45) is 11.1 Å². The van der Waals surface area contributed by atoms with Crippen molar-refractivity contribution in [3.8, 4) is 0 Å². The highest BCUT2D eigenvalue weighted by Crippen LogP contribution is 2.46. The Morgan fingerprint density at radius 1 is 1.35 bits per heavy atom. The Bertz CT molecular complexity index is 533. The van der Waals surface area contributed by atoms with Crippen LogP contribution in [0.2, 0.25) is 5.02 Å². The van der Waals surface area contributed by atoms with E-state index in [-0.39, 0.29) is 11.3 Å². The lowest BCUT2D eigenvalue weighted by molar-refractivity contribution is -0.127. The van der Waals surface area contributed by atoms with E-state index in [1.807, 2.05) is 12.1 Å². The molecule has 1 atom stereocenters. The van der Waals surface area contributed by atoms with Gasteiger partial charge in [-0.25, -0.2) is 0 Å². The zero-order chi connectivity index (χ0) is 15.0. The summed E-state index contributed by atoms with van der Waals surface area (Å²) in [7, 11) is 0. The number of anilines is 1. The van der Waals surface area contributed by atoms with Crippen molar-refractivity contribution in [3.63, 3.8) is 0 Å². The quantitative estimate of drug-likeness (QED) is 0.843. The summed E-state index contributed by atoms with van der Waals surface area (Å²) >= 11 is 9.42. The molecule has 3 N–H and O–H groups in total. The van der Waals surface area contributed by atoms with Crippen molar-refractivity contribution >= 4 is 39.1 Å². The number of carbonyl (C=O) groups is 1. The zero-order valence-corrected chi connectivity index (χ0v) is 14.1. The summed E-state index contributed by atoms with van der Waals surface area (Å²) in [6.45, 7) is 4.21. The molecule has 1 saturated carbocycles. The Balaban J connectivity index is 2.38. The molecule has 1 fully saturated rings. The topological polar surface area (TPSA) is 55.1 Å². The second kappa shape index (κ2) is 5.57. The van der Waals surface area contributed by atoms with Crippen LogP contribution in [0.4, 0.5) is 5.69 Å². The van der Waals surface area contributed by atoms with E-state index in [0.29, 0.717) is 5.02 Å². The first-order valence-electron chi connectivity index (χ1n) is 6.82. The summed E-state index contributed by atoms with van der Waals surface area (Å²) in [6.07, 6.45) is 3.88. The van der Waals surface area contributed by atoms with Gasteiger partial charge >= 0.3 is 0 Å². The fourth-order valence-electron chi connectivity index (χ4n) is 3.08. The van der Waals surface area contributed by atoms with Gasteiger partial charge in [-0.2, -0.15) is 0 Å². The van der Waals surface area contributed by atoms with Crippen molar-refractivity contribution < 1.29 is 4.79 Å². The predicted molar refractivity (Wildman–Crippen MR) is 86.9 cm³/mol. The number of hydrogen-bond donors (Lipinski definition) is 2. The summed E-state index contributed by atoms with van der Waals surface area (Å²) < 4.78 is 0.803. The second-order valence-electron chi connectivity index (χ2n) is 6.11. The number of primary amides is 1. The van der Waals surface area contributed by atoms with E-state index in [1.54, 1.807) is 6.07 Å². The van der Waals surface area contributed by atoms with Gasteiger partial charge in [0.25, 0.3) is 0 Å². The molecule has 1 aromatic carbocycles. The minimum absolute atomic E-state index is 0.177. The average molecular weight is 360 g/mol. The molecule has 5 heteroatoms. The largest absolute Gasteiger partial charge is 0.371 e. The second-order valence-corrected chi connectivity index (χ2v) is 7.38. The summed E-state index contributed by atoms with van der Waals surface area (Å²) in [5.74, 6) is -0.284. The molecule has 0 heterocycles. The molecule has 0 bridgehead atoms. The molecule has 0 aromatic heterocycles. The minimum Gasteiger partial charge on any atom is -0.371 e. The molecular weight excluding hydrogens is 340 g/mol. The third-order valence-corrected chi connectivity index (χ3v) is 5.67. The molecule has 2 rings (SSSR count). The Hall–Kier alpha value is -0.740. The average Bonchev–Trinajstić information content (AvgIpc) is 2.36. The van der Waals surface area contributed by atoms with E-state index < -0.39 is 5.54 Å². The minimum atomic E-state index is -0.710. The molecule has 20 heavy (non-hydrogen) atoms. The van der Waals surface area contributed by atoms with Gasteiger partial charge in [0, 0.05) is 10.2 Å². The van der Waals surface area contributed by atoms with Gasteiger partial charge < -0.3 is 11.1 Å². The maximum atomic E-state index is 12.2. The van der Waals surface area contributed by atoms with Gasteiger partial charge in [0.15, 0.2) is 0 Å². The fourth-order valence-corrected chi connectivity index (χ4v) is 3.58. The summed E-state index contributed by atoms with van der Waals surface area (Å²) in [5, 5.41) is 4.03. The van der Waals surface area contributed by atoms with Crippen LogP contribution in [0.1, 0.15) is 39.5 Å². The summed E-state index contributed by atoms with van der Waals surface area (Å²) in [5.41, 5.74) is 5.72. The molecule has 0 saturated heterocycles. The molecule has 1 unspecified atom stereocenters. The first-order chi connectivity index (χ1) is 9.28. The Kier molecular flexibility index (Phi) is 4.35. The van der Waals surface area contributed by atoms with Gasteiger partial charge in [-0.15, -0.1) is 0 Å². The smallest absolute Gasteiger partial charge is 0.243 e. The number of amides is 1. The molecule has 1 aromatic rings. The summed E-state index contributed by atoms with van der Waals surface area (Å²) in [6, 6.07) is 5.57.